The molecule has 4 rings (SSSR count). The maximum Gasteiger partial charge on any atom is 0.308 e. The highest BCUT2D eigenvalue weighted by molar-refractivity contribution is 5.80. The molecule has 1 N–H and O–H groups in total. The molecule has 5 heteroatoms. The number of carboxylic acid groups (broad SMARTS) is 1. The molecule has 2 heterocycles. The van der Waals surface area contributed by atoms with Crippen molar-refractivity contribution in [1.82, 2.24) is 4.90 Å². The summed E-state index contributed by atoms with van der Waals surface area (Å²) in [5, 5.41) is 9.79. The third kappa shape index (κ3) is 4.06. The number of carbonyl (C=O) groups is 2. The maximum absolute atomic E-state index is 13.3. The average molecular weight is 393 g/mol. The van der Waals surface area contributed by atoms with E-state index in [9.17, 15) is 14.7 Å². The molecule has 1 unspecified atom stereocenters. The number of aliphatic carboxylic acids is 1. The van der Waals surface area contributed by atoms with Crippen molar-refractivity contribution < 1.29 is 19.4 Å². The van der Waals surface area contributed by atoms with Crippen LogP contribution in [0.2, 0.25) is 0 Å². The third-order valence-electron chi connectivity index (χ3n) is 6.57. The molecule has 152 valence electrons. The van der Waals surface area contributed by atoms with Gasteiger partial charge in [0.1, 0.15) is 0 Å². The number of benzene rings is 2. The maximum atomic E-state index is 13.3. The second-order valence-electron chi connectivity index (χ2n) is 8.22. The van der Waals surface area contributed by atoms with Gasteiger partial charge in [-0.3, -0.25) is 9.59 Å². The molecule has 2 aliphatic rings. The Morgan fingerprint density at radius 3 is 2.07 bits per heavy atom. The number of hydrogen-bond donors (Lipinski definition) is 1. The first-order chi connectivity index (χ1) is 14.1. The summed E-state index contributed by atoms with van der Waals surface area (Å²) in [5.41, 5.74) is 1.85. The van der Waals surface area contributed by atoms with Crippen LogP contribution in [0.1, 0.15) is 36.3 Å². The Morgan fingerprint density at radius 1 is 1.00 bits per heavy atom. The normalized spacial score (nSPS) is 20.9. The minimum atomic E-state index is -0.801. The summed E-state index contributed by atoms with van der Waals surface area (Å²) < 4.78 is 5.46. The number of ether oxygens (including phenoxy) is 1. The summed E-state index contributed by atoms with van der Waals surface area (Å²) in [6.07, 6.45) is 1.75. The number of likely N-dealkylation sites (tertiary alicyclic amines) is 1. The van der Waals surface area contributed by atoms with E-state index in [1.165, 1.54) is 0 Å². The van der Waals surface area contributed by atoms with E-state index in [4.69, 9.17) is 4.74 Å². The van der Waals surface area contributed by atoms with Crippen molar-refractivity contribution in [3.8, 4) is 0 Å². The summed E-state index contributed by atoms with van der Waals surface area (Å²) >= 11 is 0. The summed E-state index contributed by atoms with van der Waals surface area (Å²) in [6.45, 7) is 1.96. The molecule has 0 saturated carbocycles. The van der Waals surface area contributed by atoms with Crippen molar-refractivity contribution in [3.05, 3.63) is 71.8 Å². The minimum Gasteiger partial charge on any atom is -0.481 e. The lowest BCUT2D eigenvalue weighted by atomic mass is 9.72. The highest BCUT2D eigenvalue weighted by Gasteiger charge is 2.52. The van der Waals surface area contributed by atoms with E-state index in [0.717, 1.165) is 11.1 Å². The van der Waals surface area contributed by atoms with E-state index in [1.807, 2.05) is 36.4 Å². The van der Waals surface area contributed by atoms with E-state index in [0.29, 0.717) is 45.6 Å². The first kappa shape index (κ1) is 19.6. The number of hydrogen-bond acceptors (Lipinski definition) is 3. The van der Waals surface area contributed by atoms with Gasteiger partial charge in [-0.25, -0.2) is 0 Å². The van der Waals surface area contributed by atoms with Crippen molar-refractivity contribution in [3.63, 3.8) is 0 Å². The number of nitrogens with zero attached hydrogens (tertiary/aromatic N) is 1. The molecule has 2 aliphatic heterocycles. The highest BCUT2D eigenvalue weighted by Crippen LogP contribution is 2.45. The van der Waals surface area contributed by atoms with Gasteiger partial charge in [0.15, 0.2) is 0 Å². The Kier molecular flexibility index (Phi) is 5.67. The largest absolute Gasteiger partial charge is 0.481 e. The molecular formula is C24H27NO4. The fourth-order valence-corrected chi connectivity index (χ4v) is 4.89. The number of rotatable bonds is 5. The Labute approximate surface area is 171 Å². The molecule has 29 heavy (non-hydrogen) atoms. The SMILES string of the molecule is O=C(O)C1CN(C(=O)CC(c2ccccc2)c2ccccc2)CC12CCOCC2. The van der Waals surface area contributed by atoms with Crippen LogP contribution >= 0.6 is 0 Å². The zero-order chi connectivity index (χ0) is 20.3. The van der Waals surface area contributed by atoms with Gasteiger partial charge in [0, 0.05) is 44.1 Å². The summed E-state index contributed by atoms with van der Waals surface area (Å²) in [6, 6.07) is 20.1. The molecule has 0 aromatic heterocycles. The standard InChI is InChI=1S/C24H27NO4/c26-22(25-16-21(23(27)28)24(17-25)11-13-29-14-12-24)15-20(18-7-3-1-4-8-18)19-9-5-2-6-10-19/h1-10,20-21H,11-17H2,(H,27,28). The molecule has 0 radical (unpaired) electrons. The van der Waals surface area contributed by atoms with Crippen LogP contribution in [-0.2, 0) is 14.3 Å². The lowest BCUT2D eigenvalue weighted by Crippen LogP contribution is -2.40. The van der Waals surface area contributed by atoms with Gasteiger partial charge in [-0.1, -0.05) is 60.7 Å². The lowest BCUT2D eigenvalue weighted by molar-refractivity contribution is -0.146. The molecule has 1 amide bonds. The second-order valence-corrected chi connectivity index (χ2v) is 8.22. The average Bonchev–Trinajstić information content (AvgIpc) is 3.12. The topological polar surface area (TPSA) is 66.8 Å². The molecule has 2 aromatic rings. The monoisotopic (exact) mass is 393 g/mol. The highest BCUT2D eigenvalue weighted by atomic mass is 16.5. The third-order valence-corrected chi connectivity index (χ3v) is 6.57. The molecule has 0 bridgehead atoms. The van der Waals surface area contributed by atoms with Crippen LogP contribution in [-0.4, -0.2) is 48.2 Å². The first-order valence-electron chi connectivity index (χ1n) is 10.3. The van der Waals surface area contributed by atoms with Crippen molar-refractivity contribution >= 4 is 11.9 Å². The minimum absolute atomic E-state index is 0.0253. The van der Waals surface area contributed by atoms with Gasteiger partial charge < -0.3 is 14.7 Å². The van der Waals surface area contributed by atoms with E-state index in [-0.39, 0.29) is 17.2 Å². The molecule has 1 atom stereocenters. The van der Waals surface area contributed by atoms with Crippen molar-refractivity contribution in [2.75, 3.05) is 26.3 Å². The zero-order valence-corrected chi connectivity index (χ0v) is 16.5. The quantitative estimate of drug-likeness (QED) is 0.844. The Hall–Kier alpha value is -2.66. The van der Waals surface area contributed by atoms with Crippen LogP contribution < -0.4 is 0 Å². The molecule has 2 saturated heterocycles. The fraction of sp³-hybridized carbons (Fsp3) is 0.417. The molecule has 0 aliphatic carbocycles. The van der Waals surface area contributed by atoms with E-state index >= 15 is 0 Å². The molecule has 5 nitrogen and oxygen atoms in total. The van der Waals surface area contributed by atoms with Crippen LogP contribution in [0.4, 0.5) is 0 Å². The first-order valence-corrected chi connectivity index (χ1v) is 10.3. The molecule has 2 aromatic carbocycles. The van der Waals surface area contributed by atoms with Gasteiger partial charge in [0.2, 0.25) is 5.91 Å². The van der Waals surface area contributed by atoms with Gasteiger partial charge in [-0.05, 0) is 24.0 Å². The van der Waals surface area contributed by atoms with Crippen LogP contribution in [0, 0.1) is 11.3 Å². The molecule has 1 spiro atoms. The molecule has 2 fully saturated rings. The Morgan fingerprint density at radius 2 is 1.55 bits per heavy atom. The van der Waals surface area contributed by atoms with Crippen molar-refractivity contribution in [1.29, 1.82) is 0 Å². The van der Waals surface area contributed by atoms with Crippen LogP contribution in [0.15, 0.2) is 60.7 Å². The zero-order valence-electron chi connectivity index (χ0n) is 16.5. The predicted molar refractivity (Wildman–Crippen MR) is 110 cm³/mol. The van der Waals surface area contributed by atoms with Gasteiger partial charge in [0.25, 0.3) is 0 Å². The number of carbonyl (C=O) groups excluding carboxylic acids is 1. The van der Waals surface area contributed by atoms with Gasteiger partial charge in [-0.15, -0.1) is 0 Å². The Balaban J connectivity index is 1.56. The van der Waals surface area contributed by atoms with E-state index in [2.05, 4.69) is 24.3 Å². The van der Waals surface area contributed by atoms with Gasteiger partial charge >= 0.3 is 5.97 Å². The van der Waals surface area contributed by atoms with E-state index < -0.39 is 11.9 Å². The summed E-state index contributed by atoms with van der Waals surface area (Å²) in [4.78, 5) is 27.0. The predicted octanol–water partition coefficient (Wildman–Crippen LogP) is 3.55. The van der Waals surface area contributed by atoms with Crippen LogP contribution in [0.3, 0.4) is 0 Å². The van der Waals surface area contributed by atoms with Crippen LogP contribution in [0.5, 0.6) is 0 Å². The van der Waals surface area contributed by atoms with E-state index in [1.54, 1.807) is 4.90 Å². The molecular weight excluding hydrogens is 366 g/mol. The lowest BCUT2D eigenvalue weighted by Gasteiger charge is -2.36. The van der Waals surface area contributed by atoms with Crippen molar-refractivity contribution in [2.24, 2.45) is 11.3 Å². The smallest absolute Gasteiger partial charge is 0.308 e. The fourth-order valence-electron chi connectivity index (χ4n) is 4.89. The number of amides is 1. The van der Waals surface area contributed by atoms with Gasteiger partial charge in [0.05, 0.1) is 5.92 Å². The summed E-state index contributed by atoms with van der Waals surface area (Å²) in [5.74, 6) is -1.33. The second kappa shape index (κ2) is 8.37. The van der Waals surface area contributed by atoms with Crippen molar-refractivity contribution in [2.45, 2.75) is 25.2 Å². The number of carboxylic acids is 1. The summed E-state index contributed by atoms with van der Waals surface area (Å²) in [7, 11) is 0. The Bertz CT molecular complexity index is 806. The van der Waals surface area contributed by atoms with Crippen LogP contribution in [0.25, 0.3) is 0 Å². The van der Waals surface area contributed by atoms with Gasteiger partial charge in [-0.2, -0.15) is 0 Å².